The maximum atomic E-state index is 11.5. The smallest absolute Gasteiger partial charge is 0.352 e. The van der Waals surface area contributed by atoms with E-state index in [4.69, 9.17) is 21.0 Å². The highest BCUT2D eigenvalue weighted by Gasteiger charge is 2.32. The van der Waals surface area contributed by atoms with E-state index in [9.17, 15) is 9.90 Å². The first-order chi connectivity index (χ1) is 17.9. The normalized spacial score (nSPS) is 14.7. The first kappa shape index (κ1) is 26.4. The van der Waals surface area contributed by atoms with Gasteiger partial charge in [-0.3, -0.25) is 10.4 Å². The van der Waals surface area contributed by atoms with Gasteiger partial charge in [-0.25, -0.2) is 9.78 Å². The van der Waals surface area contributed by atoms with Gasteiger partial charge in [0.15, 0.2) is 0 Å². The molecule has 0 aliphatic heterocycles. The number of pyridine rings is 1. The molecule has 194 valence electrons. The molecule has 2 aromatic heterocycles. The summed E-state index contributed by atoms with van der Waals surface area (Å²) < 4.78 is 2.06. The van der Waals surface area contributed by atoms with Gasteiger partial charge in [0.2, 0.25) is 0 Å². The molecule has 1 aliphatic carbocycles. The van der Waals surface area contributed by atoms with Crippen LogP contribution in [0, 0.1) is 5.41 Å². The predicted octanol–water partition coefficient (Wildman–Crippen LogP) is 4.13. The average Bonchev–Trinajstić information content (AvgIpc) is 3.61. The number of carbonyl (C=O) groups is 1. The molecule has 2 heterocycles. The summed E-state index contributed by atoms with van der Waals surface area (Å²) in [6.45, 7) is 0.542. The largest absolute Gasteiger partial charge is 0.478 e. The average molecular weight is 532 g/mol. The van der Waals surface area contributed by atoms with Gasteiger partial charge in [0.25, 0.3) is 6.10 Å². The van der Waals surface area contributed by atoms with Crippen molar-refractivity contribution in [2.24, 2.45) is 17.9 Å². The van der Waals surface area contributed by atoms with Crippen LogP contribution in [0.2, 0.25) is 0 Å². The zero-order chi connectivity index (χ0) is 25.9. The number of aryl methyl sites for hydroxylation is 1. The fraction of sp³-hybridized carbons (Fsp3) is 0.185. The lowest BCUT2D eigenvalue weighted by molar-refractivity contribution is -0.150. The van der Waals surface area contributed by atoms with Gasteiger partial charge in [-0.05, 0) is 59.6 Å². The molecule has 0 bridgehead atoms. The van der Waals surface area contributed by atoms with Crippen LogP contribution in [0.25, 0.3) is 11.0 Å². The van der Waals surface area contributed by atoms with Crippen LogP contribution in [0.3, 0.4) is 0 Å². The molecule has 38 heavy (non-hydrogen) atoms. The zero-order valence-electron chi connectivity index (χ0n) is 20.5. The number of anilines is 1. The van der Waals surface area contributed by atoms with Crippen molar-refractivity contribution >= 4 is 46.8 Å². The summed E-state index contributed by atoms with van der Waals surface area (Å²) in [5.41, 5.74) is 11.5. The third-order valence-electron chi connectivity index (χ3n) is 6.29. The van der Waals surface area contributed by atoms with Crippen molar-refractivity contribution < 1.29 is 14.7 Å². The lowest BCUT2D eigenvalue weighted by atomic mass is 10.1. The highest BCUT2D eigenvalue weighted by Crippen LogP contribution is 2.45. The second kappa shape index (κ2) is 11.2. The SMILES string of the molecule is Cl.Cn1c(CNc2ccc(C(=N)N)cc2)nc2cc(C3CC3=C=NOC(C(=O)O)c3cccnc3)ccc21. The van der Waals surface area contributed by atoms with Gasteiger partial charge >= 0.3 is 5.97 Å². The second-order valence-electron chi connectivity index (χ2n) is 8.77. The summed E-state index contributed by atoms with van der Waals surface area (Å²) in [7, 11) is 1.98. The Bertz CT molecular complexity index is 1540. The number of imidazole rings is 1. The van der Waals surface area contributed by atoms with E-state index in [0.717, 1.165) is 40.1 Å². The number of aromatic nitrogens is 3. The first-order valence-electron chi connectivity index (χ1n) is 11.6. The number of amidine groups is 1. The van der Waals surface area contributed by atoms with Gasteiger partial charge in [0, 0.05) is 53.6 Å². The monoisotopic (exact) mass is 531 g/mol. The number of allylic oxidation sites excluding steroid dienone is 1. The second-order valence-corrected chi connectivity index (χ2v) is 8.77. The Balaban J connectivity index is 0.00000336. The number of nitrogens with zero attached hydrogens (tertiary/aromatic N) is 4. The van der Waals surface area contributed by atoms with E-state index in [1.807, 2.05) is 31.3 Å². The Labute approximate surface area is 224 Å². The van der Waals surface area contributed by atoms with Crippen molar-refractivity contribution in [2.45, 2.75) is 25.0 Å². The molecule has 0 amide bonds. The molecule has 2 unspecified atom stereocenters. The number of nitrogens with one attached hydrogen (secondary N) is 2. The number of hydrogen-bond donors (Lipinski definition) is 4. The van der Waals surface area contributed by atoms with Crippen molar-refractivity contribution in [2.75, 3.05) is 5.32 Å². The summed E-state index contributed by atoms with van der Waals surface area (Å²) in [6.07, 6.45) is 2.55. The number of aliphatic carboxylic acids is 1. The van der Waals surface area contributed by atoms with Crippen LogP contribution in [0.15, 0.2) is 77.7 Å². The lowest BCUT2D eigenvalue weighted by Gasteiger charge is -2.08. The first-order valence-corrected chi connectivity index (χ1v) is 11.6. The topological polar surface area (TPSA) is 152 Å². The molecule has 2 atom stereocenters. The number of nitrogens with two attached hydrogens (primary N) is 1. The highest BCUT2D eigenvalue weighted by atomic mass is 35.5. The van der Waals surface area contributed by atoms with E-state index in [-0.39, 0.29) is 24.2 Å². The zero-order valence-corrected chi connectivity index (χ0v) is 21.3. The van der Waals surface area contributed by atoms with Crippen molar-refractivity contribution in [1.82, 2.24) is 14.5 Å². The van der Waals surface area contributed by atoms with Gasteiger partial charge < -0.3 is 25.6 Å². The van der Waals surface area contributed by atoms with Crippen molar-refractivity contribution in [1.29, 1.82) is 5.41 Å². The number of nitrogen functional groups attached to an aromatic ring is 1. The molecule has 11 heteroatoms. The highest BCUT2D eigenvalue weighted by molar-refractivity contribution is 5.95. The Morgan fingerprint density at radius 2 is 2.11 bits per heavy atom. The maximum absolute atomic E-state index is 11.5. The van der Waals surface area contributed by atoms with Crippen LogP contribution in [-0.4, -0.2) is 37.3 Å². The summed E-state index contributed by atoms with van der Waals surface area (Å²) >= 11 is 0. The van der Waals surface area contributed by atoms with Crippen molar-refractivity contribution in [3.8, 4) is 0 Å². The quantitative estimate of drug-likeness (QED) is 0.144. The molecule has 1 aliphatic rings. The molecule has 1 fully saturated rings. The molecule has 2 aromatic carbocycles. The van der Waals surface area contributed by atoms with E-state index >= 15 is 0 Å². The number of hydrogen-bond acceptors (Lipinski definition) is 7. The Morgan fingerprint density at radius 1 is 1.32 bits per heavy atom. The molecular formula is C27H26ClN7O3. The van der Waals surface area contributed by atoms with Gasteiger partial charge in [0.1, 0.15) is 11.7 Å². The van der Waals surface area contributed by atoms with E-state index in [1.165, 1.54) is 6.20 Å². The number of carboxylic acids is 1. The van der Waals surface area contributed by atoms with Gasteiger partial charge in [-0.15, -0.1) is 12.4 Å². The molecule has 4 aromatic rings. The van der Waals surface area contributed by atoms with Crippen LogP contribution in [0.5, 0.6) is 0 Å². The third-order valence-corrected chi connectivity index (χ3v) is 6.29. The lowest BCUT2D eigenvalue weighted by Crippen LogP contribution is -2.13. The number of rotatable bonds is 9. The Morgan fingerprint density at radius 3 is 2.79 bits per heavy atom. The van der Waals surface area contributed by atoms with Gasteiger partial charge in [-0.2, -0.15) is 0 Å². The van der Waals surface area contributed by atoms with Gasteiger partial charge in [0.05, 0.1) is 17.6 Å². The molecule has 1 saturated carbocycles. The van der Waals surface area contributed by atoms with Crippen LogP contribution < -0.4 is 11.1 Å². The number of halogens is 1. The maximum Gasteiger partial charge on any atom is 0.352 e. The van der Waals surface area contributed by atoms with E-state index in [1.54, 1.807) is 18.3 Å². The summed E-state index contributed by atoms with van der Waals surface area (Å²) in [6, 6.07) is 16.9. The standard InChI is InChI=1S/C27H25N7O3.ClH/c1-34-23-9-6-17(12-22(23)33-24(34)15-31-20-7-4-16(5-8-20)26(28)29)21-11-19(21)14-32-37-25(27(35)36)18-3-2-10-30-13-18;/h2-10,12-13,21,25,31H,11,15H2,1H3,(H3,28,29)(H,35,36);1H. The van der Waals surface area contributed by atoms with Crippen molar-refractivity contribution in [3.05, 3.63) is 95.1 Å². The Kier molecular flexibility index (Phi) is 7.76. The van der Waals surface area contributed by atoms with Crippen LogP contribution in [-0.2, 0) is 23.2 Å². The number of fused-ring (bicyclic) bond motifs is 1. The molecule has 0 spiro atoms. The molecule has 0 saturated heterocycles. The third kappa shape index (κ3) is 5.67. The Hall–Kier alpha value is -4.66. The molecule has 10 nitrogen and oxygen atoms in total. The summed E-state index contributed by atoms with van der Waals surface area (Å²) in [4.78, 5) is 25.5. The molecule has 5 N–H and O–H groups in total. The van der Waals surface area contributed by atoms with E-state index in [2.05, 4.69) is 44.1 Å². The van der Waals surface area contributed by atoms with Crippen LogP contribution in [0.4, 0.5) is 5.69 Å². The minimum atomic E-state index is -1.23. The number of carboxylic acid groups (broad SMARTS) is 1. The fourth-order valence-corrected chi connectivity index (χ4v) is 4.11. The predicted molar refractivity (Wildman–Crippen MR) is 147 cm³/mol. The van der Waals surface area contributed by atoms with Crippen LogP contribution >= 0.6 is 12.4 Å². The minimum absolute atomic E-state index is 0. The van der Waals surface area contributed by atoms with E-state index in [0.29, 0.717) is 17.7 Å². The molecule has 5 rings (SSSR count). The molecular weight excluding hydrogens is 506 g/mol. The summed E-state index contributed by atoms with van der Waals surface area (Å²) in [5.74, 6) is 2.79. The van der Waals surface area contributed by atoms with Crippen molar-refractivity contribution in [3.63, 3.8) is 0 Å². The number of benzene rings is 2. The summed E-state index contributed by atoms with van der Waals surface area (Å²) in [5, 5.41) is 24.1. The van der Waals surface area contributed by atoms with Gasteiger partial charge in [-0.1, -0.05) is 12.1 Å². The minimum Gasteiger partial charge on any atom is -0.478 e. The van der Waals surface area contributed by atoms with Crippen LogP contribution in [0.1, 0.15) is 41.0 Å². The van der Waals surface area contributed by atoms with E-state index < -0.39 is 12.1 Å². The molecule has 0 radical (unpaired) electrons. The fourth-order valence-electron chi connectivity index (χ4n) is 4.11.